The molecule has 3 rings (SSSR count). The summed E-state index contributed by atoms with van der Waals surface area (Å²) >= 11 is 0. The molecule has 0 aliphatic carbocycles. The number of aromatic nitrogens is 1. The first kappa shape index (κ1) is 26.4. The van der Waals surface area contributed by atoms with Gasteiger partial charge in [-0.3, -0.25) is 19.9 Å². The summed E-state index contributed by atoms with van der Waals surface area (Å²) in [6.07, 6.45) is -4.39. The third kappa shape index (κ3) is 6.26. The number of ketones is 1. The summed E-state index contributed by atoms with van der Waals surface area (Å²) in [5.41, 5.74) is 1.80. The number of nitrogens with one attached hydrogen (secondary N) is 2. The highest BCUT2D eigenvalue weighted by Crippen LogP contribution is 2.37. The fourth-order valence-electron chi connectivity index (χ4n) is 3.75. The van der Waals surface area contributed by atoms with E-state index in [1.807, 2.05) is 25.2 Å². The largest absolute Gasteiger partial charge is 0.465 e. The molecule has 1 aromatic heterocycles. The van der Waals surface area contributed by atoms with E-state index in [2.05, 4.69) is 10.3 Å². The number of Topliss-reactive ketones (excluding diaryl/α,β-unsaturated/α-hetero) is 1. The predicted octanol–water partition coefficient (Wildman–Crippen LogP) is 6.25. The average Bonchev–Trinajstić information content (AvgIpc) is 2.79. The van der Waals surface area contributed by atoms with Crippen molar-refractivity contribution in [3.05, 3.63) is 76.6 Å². The summed E-state index contributed by atoms with van der Waals surface area (Å²) in [7, 11) is 0. The van der Waals surface area contributed by atoms with Crippen LogP contribution in [-0.2, 0) is 17.4 Å². The van der Waals surface area contributed by atoms with Crippen LogP contribution in [-0.4, -0.2) is 27.9 Å². The summed E-state index contributed by atoms with van der Waals surface area (Å²) < 4.78 is 40.0. The lowest BCUT2D eigenvalue weighted by molar-refractivity contribution is -0.138. The molecule has 3 aromatic rings. The molecule has 0 radical (unpaired) electrons. The van der Waals surface area contributed by atoms with Crippen molar-refractivity contribution in [1.82, 2.24) is 4.98 Å². The molecule has 1 heterocycles. The van der Waals surface area contributed by atoms with Crippen LogP contribution in [0.3, 0.4) is 0 Å². The molecule has 0 saturated heterocycles. The monoisotopic (exact) mass is 499 g/mol. The molecule has 2 aromatic carbocycles. The molecular formula is C26H24F3N3O4. The molecule has 0 aliphatic heterocycles. The van der Waals surface area contributed by atoms with Crippen LogP contribution >= 0.6 is 0 Å². The normalized spacial score (nSPS) is 11.2. The van der Waals surface area contributed by atoms with Gasteiger partial charge in [0.1, 0.15) is 0 Å². The number of benzene rings is 2. The van der Waals surface area contributed by atoms with E-state index in [4.69, 9.17) is 5.11 Å². The standard InChI is InChI=1S/C26H24F3N3O4/c1-4-18-8-14(2)19(13-30-18)16-6-5-7-17(10-16)23(33)12-24(34)31-22-11-20(26(27,28)29)15(3)9-21(22)32-25(35)36/h5-11,13,32H,4,12H2,1-3H3,(H,31,34)(H,35,36). The van der Waals surface area contributed by atoms with E-state index in [0.29, 0.717) is 6.07 Å². The number of carbonyl (C=O) groups excluding carboxylic acids is 2. The van der Waals surface area contributed by atoms with Gasteiger partial charge in [-0.1, -0.05) is 25.1 Å². The first-order valence-corrected chi connectivity index (χ1v) is 11.0. The smallest absolute Gasteiger partial charge is 0.416 e. The number of carboxylic acid groups (broad SMARTS) is 1. The maximum atomic E-state index is 13.3. The van der Waals surface area contributed by atoms with Gasteiger partial charge in [-0.15, -0.1) is 0 Å². The molecule has 7 nitrogen and oxygen atoms in total. The van der Waals surface area contributed by atoms with Gasteiger partial charge in [0.05, 0.1) is 23.4 Å². The van der Waals surface area contributed by atoms with E-state index in [9.17, 15) is 27.6 Å². The number of anilines is 2. The molecule has 0 spiro atoms. The van der Waals surface area contributed by atoms with Crippen LogP contribution in [0.5, 0.6) is 0 Å². The van der Waals surface area contributed by atoms with Crippen molar-refractivity contribution in [2.75, 3.05) is 10.6 Å². The van der Waals surface area contributed by atoms with E-state index in [-0.39, 0.29) is 16.8 Å². The van der Waals surface area contributed by atoms with Gasteiger partial charge in [-0.05, 0) is 61.2 Å². The molecule has 36 heavy (non-hydrogen) atoms. The van der Waals surface area contributed by atoms with Crippen LogP contribution in [0.15, 0.2) is 48.7 Å². The molecule has 0 unspecified atom stereocenters. The summed E-state index contributed by atoms with van der Waals surface area (Å²) in [5, 5.41) is 13.2. The maximum absolute atomic E-state index is 13.3. The zero-order valence-corrected chi connectivity index (χ0v) is 19.8. The maximum Gasteiger partial charge on any atom is 0.416 e. The van der Waals surface area contributed by atoms with Crippen molar-refractivity contribution in [1.29, 1.82) is 0 Å². The fraction of sp³-hybridized carbons (Fsp3) is 0.231. The average molecular weight is 499 g/mol. The van der Waals surface area contributed by atoms with E-state index >= 15 is 0 Å². The number of hydrogen-bond donors (Lipinski definition) is 3. The Balaban J connectivity index is 1.83. The minimum absolute atomic E-state index is 0.228. The van der Waals surface area contributed by atoms with Gasteiger partial charge >= 0.3 is 12.3 Å². The number of amides is 2. The van der Waals surface area contributed by atoms with Gasteiger partial charge in [-0.25, -0.2) is 4.79 Å². The summed E-state index contributed by atoms with van der Waals surface area (Å²) in [6, 6.07) is 10.2. The Bertz CT molecular complexity index is 1340. The lowest BCUT2D eigenvalue weighted by Crippen LogP contribution is -2.20. The second-order valence-electron chi connectivity index (χ2n) is 8.21. The first-order chi connectivity index (χ1) is 16.9. The van der Waals surface area contributed by atoms with Gasteiger partial charge < -0.3 is 10.4 Å². The molecular weight excluding hydrogens is 475 g/mol. The Kier molecular flexibility index (Phi) is 7.77. The zero-order chi connectivity index (χ0) is 26.6. The molecule has 188 valence electrons. The summed E-state index contributed by atoms with van der Waals surface area (Å²) in [4.78, 5) is 40.8. The Morgan fingerprint density at radius 3 is 2.28 bits per heavy atom. The van der Waals surface area contributed by atoms with E-state index in [0.717, 1.165) is 34.9 Å². The van der Waals surface area contributed by atoms with Gasteiger partial charge in [0.15, 0.2) is 5.78 Å². The molecule has 2 amide bonds. The van der Waals surface area contributed by atoms with E-state index < -0.39 is 41.6 Å². The fourth-order valence-corrected chi connectivity index (χ4v) is 3.75. The number of hydrogen-bond acceptors (Lipinski definition) is 4. The van der Waals surface area contributed by atoms with Crippen LogP contribution in [0.1, 0.15) is 46.1 Å². The number of alkyl halides is 3. The molecule has 10 heteroatoms. The highest BCUT2D eigenvalue weighted by atomic mass is 19.4. The number of nitrogens with zero attached hydrogens (tertiary/aromatic N) is 1. The van der Waals surface area contributed by atoms with E-state index in [1.165, 1.54) is 13.0 Å². The second-order valence-corrected chi connectivity index (χ2v) is 8.21. The van der Waals surface area contributed by atoms with Gasteiger partial charge in [0.2, 0.25) is 5.91 Å². The molecule has 0 fully saturated rings. The van der Waals surface area contributed by atoms with Gasteiger partial charge in [0, 0.05) is 23.0 Å². The van der Waals surface area contributed by atoms with Gasteiger partial charge in [-0.2, -0.15) is 13.2 Å². The van der Waals surface area contributed by atoms with Crippen molar-refractivity contribution in [3.8, 4) is 11.1 Å². The van der Waals surface area contributed by atoms with Crippen molar-refractivity contribution in [2.45, 2.75) is 39.8 Å². The van der Waals surface area contributed by atoms with Crippen LogP contribution in [0.25, 0.3) is 11.1 Å². The van der Waals surface area contributed by atoms with Crippen molar-refractivity contribution in [3.63, 3.8) is 0 Å². The van der Waals surface area contributed by atoms with Crippen molar-refractivity contribution in [2.24, 2.45) is 0 Å². The predicted molar refractivity (Wildman–Crippen MR) is 129 cm³/mol. The quantitative estimate of drug-likeness (QED) is 0.263. The highest BCUT2D eigenvalue weighted by Gasteiger charge is 2.33. The highest BCUT2D eigenvalue weighted by molar-refractivity contribution is 6.12. The van der Waals surface area contributed by atoms with Gasteiger partial charge in [0.25, 0.3) is 0 Å². The lowest BCUT2D eigenvalue weighted by Gasteiger charge is -2.17. The second kappa shape index (κ2) is 10.6. The van der Waals surface area contributed by atoms with Crippen molar-refractivity contribution >= 4 is 29.2 Å². The first-order valence-electron chi connectivity index (χ1n) is 11.0. The Morgan fingerprint density at radius 2 is 1.67 bits per heavy atom. The minimum atomic E-state index is -4.72. The number of pyridine rings is 1. The summed E-state index contributed by atoms with van der Waals surface area (Å²) in [5.74, 6) is -1.44. The van der Waals surface area contributed by atoms with Crippen molar-refractivity contribution < 1.29 is 32.7 Å². The van der Waals surface area contributed by atoms with Crippen LogP contribution in [0, 0.1) is 13.8 Å². The third-order valence-electron chi connectivity index (χ3n) is 5.53. The molecule has 0 bridgehead atoms. The van der Waals surface area contributed by atoms with Crippen LogP contribution in [0.2, 0.25) is 0 Å². The van der Waals surface area contributed by atoms with Crippen LogP contribution in [0.4, 0.5) is 29.3 Å². The SMILES string of the molecule is CCc1cc(C)c(-c2cccc(C(=O)CC(=O)Nc3cc(C(F)(F)F)c(C)cc3NC(=O)O)c2)cn1. The minimum Gasteiger partial charge on any atom is -0.465 e. The molecule has 0 atom stereocenters. The Morgan fingerprint density at radius 1 is 0.972 bits per heavy atom. The topological polar surface area (TPSA) is 108 Å². The zero-order valence-electron chi connectivity index (χ0n) is 19.8. The Labute approximate surface area is 205 Å². The Hall–Kier alpha value is -4.21. The molecule has 3 N–H and O–H groups in total. The molecule has 0 aliphatic rings. The number of rotatable bonds is 7. The summed E-state index contributed by atoms with van der Waals surface area (Å²) in [6.45, 7) is 5.09. The lowest BCUT2D eigenvalue weighted by atomic mass is 9.98. The number of aryl methyl sites for hydroxylation is 3. The third-order valence-corrected chi connectivity index (χ3v) is 5.53. The molecule has 0 saturated carbocycles. The number of carbonyl (C=O) groups is 3. The van der Waals surface area contributed by atoms with E-state index in [1.54, 1.807) is 24.4 Å². The number of halogens is 3. The van der Waals surface area contributed by atoms with Crippen LogP contribution < -0.4 is 10.6 Å².